The van der Waals surface area contributed by atoms with E-state index >= 15 is 0 Å². The van der Waals surface area contributed by atoms with E-state index in [-0.39, 0.29) is 0 Å². The maximum absolute atomic E-state index is 5.38. The Hall–Kier alpha value is -1.03. The maximum Gasteiger partial charge on any atom is 0.203 e. The summed E-state index contributed by atoms with van der Waals surface area (Å²) in [6, 6.07) is 0.628. The summed E-state index contributed by atoms with van der Waals surface area (Å²) < 4.78 is 7.76. The van der Waals surface area contributed by atoms with Gasteiger partial charge in [-0.25, -0.2) is 4.98 Å². The molecule has 1 aliphatic carbocycles. The fourth-order valence-electron chi connectivity index (χ4n) is 3.28. The maximum atomic E-state index is 5.38. The molecular formula is C17H31N3O. The lowest BCUT2D eigenvalue weighted by molar-refractivity contribution is 0.147. The standard InChI is InChI=1S/C17H31N3O/c1-4-15-7-9-16(10-8-15)20-13-14(3)19-17(20)18-11-6-12-21-5-2/h13,15-16H,4-12H2,1-3H3,(H,18,19). The Morgan fingerprint density at radius 3 is 2.71 bits per heavy atom. The number of ether oxygens (including phenoxy) is 1. The van der Waals surface area contributed by atoms with Crippen LogP contribution in [0.15, 0.2) is 6.20 Å². The van der Waals surface area contributed by atoms with Crippen molar-refractivity contribution in [2.45, 2.75) is 65.3 Å². The Balaban J connectivity index is 1.87. The van der Waals surface area contributed by atoms with Gasteiger partial charge >= 0.3 is 0 Å². The molecule has 120 valence electrons. The molecule has 4 heteroatoms. The van der Waals surface area contributed by atoms with E-state index in [0.29, 0.717) is 6.04 Å². The lowest BCUT2D eigenvalue weighted by Gasteiger charge is -2.29. The van der Waals surface area contributed by atoms with E-state index in [1.807, 2.05) is 6.92 Å². The van der Waals surface area contributed by atoms with E-state index in [4.69, 9.17) is 4.74 Å². The summed E-state index contributed by atoms with van der Waals surface area (Å²) in [6.07, 6.45) is 9.89. The first-order valence-corrected chi connectivity index (χ1v) is 8.61. The Bertz CT molecular complexity index is 408. The summed E-state index contributed by atoms with van der Waals surface area (Å²) >= 11 is 0. The third-order valence-electron chi connectivity index (χ3n) is 4.59. The normalized spacial score (nSPS) is 22.4. The van der Waals surface area contributed by atoms with E-state index in [1.165, 1.54) is 32.1 Å². The zero-order valence-electron chi connectivity index (χ0n) is 13.9. The van der Waals surface area contributed by atoms with E-state index in [2.05, 4.69) is 34.9 Å². The van der Waals surface area contributed by atoms with Crippen molar-refractivity contribution in [3.8, 4) is 0 Å². The van der Waals surface area contributed by atoms with Gasteiger partial charge in [0.1, 0.15) is 0 Å². The van der Waals surface area contributed by atoms with Crippen molar-refractivity contribution in [1.82, 2.24) is 9.55 Å². The van der Waals surface area contributed by atoms with Crippen molar-refractivity contribution < 1.29 is 4.74 Å². The average Bonchev–Trinajstić information content (AvgIpc) is 2.88. The largest absolute Gasteiger partial charge is 0.382 e. The molecule has 1 aliphatic rings. The van der Waals surface area contributed by atoms with Crippen LogP contribution in [0.5, 0.6) is 0 Å². The van der Waals surface area contributed by atoms with Crippen LogP contribution in [0.4, 0.5) is 5.95 Å². The fourth-order valence-corrected chi connectivity index (χ4v) is 3.28. The SMILES string of the molecule is CCOCCCNc1nc(C)cn1C1CCC(CC)CC1. The minimum Gasteiger partial charge on any atom is -0.382 e. The predicted octanol–water partition coefficient (Wildman–Crippen LogP) is 4.17. The molecule has 21 heavy (non-hydrogen) atoms. The van der Waals surface area contributed by atoms with Crippen LogP contribution < -0.4 is 5.32 Å². The van der Waals surface area contributed by atoms with Crippen molar-refractivity contribution in [2.24, 2.45) is 5.92 Å². The highest BCUT2D eigenvalue weighted by atomic mass is 16.5. The lowest BCUT2D eigenvalue weighted by atomic mass is 9.84. The minimum absolute atomic E-state index is 0.628. The van der Waals surface area contributed by atoms with Crippen molar-refractivity contribution in [1.29, 1.82) is 0 Å². The molecule has 0 amide bonds. The topological polar surface area (TPSA) is 39.1 Å². The monoisotopic (exact) mass is 293 g/mol. The molecule has 0 radical (unpaired) electrons. The molecule has 1 N–H and O–H groups in total. The van der Waals surface area contributed by atoms with Gasteiger partial charge in [0.05, 0.1) is 5.69 Å². The predicted molar refractivity (Wildman–Crippen MR) is 87.8 cm³/mol. The van der Waals surface area contributed by atoms with E-state index in [9.17, 15) is 0 Å². The van der Waals surface area contributed by atoms with Crippen LogP contribution in [-0.4, -0.2) is 29.3 Å². The molecule has 0 aromatic carbocycles. The molecule has 0 spiro atoms. The third kappa shape index (κ3) is 4.73. The molecule has 0 atom stereocenters. The molecular weight excluding hydrogens is 262 g/mol. The average molecular weight is 293 g/mol. The summed E-state index contributed by atoms with van der Waals surface area (Å²) in [6.45, 7) is 8.99. The summed E-state index contributed by atoms with van der Waals surface area (Å²) in [5.74, 6) is 1.98. The summed E-state index contributed by atoms with van der Waals surface area (Å²) in [4.78, 5) is 4.65. The smallest absolute Gasteiger partial charge is 0.203 e. The Labute approximate surface area is 129 Å². The first-order valence-electron chi connectivity index (χ1n) is 8.61. The Morgan fingerprint density at radius 1 is 1.29 bits per heavy atom. The number of hydrogen-bond acceptors (Lipinski definition) is 3. The first-order chi connectivity index (χ1) is 10.2. The quantitative estimate of drug-likeness (QED) is 0.731. The first kappa shape index (κ1) is 16.3. The summed E-state index contributed by atoms with van der Waals surface area (Å²) in [7, 11) is 0. The van der Waals surface area contributed by atoms with Crippen LogP contribution in [-0.2, 0) is 4.74 Å². The lowest BCUT2D eigenvalue weighted by Crippen LogP contribution is -2.19. The molecule has 0 unspecified atom stereocenters. The van der Waals surface area contributed by atoms with Gasteiger partial charge in [-0.05, 0) is 51.9 Å². The molecule has 2 rings (SSSR count). The zero-order valence-corrected chi connectivity index (χ0v) is 13.9. The second kappa shape index (κ2) is 8.42. The zero-order chi connectivity index (χ0) is 15.1. The van der Waals surface area contributed by atoms with Crippen LogP contribution >= 0.6 is 0 Å². The van der Waals surface area contributed by atoms with E-state index in [0.717, 1.165) is 43.7 Å². The van der Waals surface area contributed by atoms with Gasteiger partial charge < -0.3 is 14.6 Å². The van der Waals surface area contributed by atoms with Gasteiger partial charge in [0.15, 0.2) is 0 Å². The molecule has 0 saturated heterocycles. The van der Waals surface area contributed by atoms with Crippen molar-refractivity contribution in [3.63, 3.8) is 0 Å². The van der Waals surface area contributed by atoms with Gasteiger partial charge in [0.25, 0.3) is 0 Å². The van der Waals surface area contributed by atoms with Gasteiger partial charge in [0.2, 0.25) is 5.95 Å². The van der Waals surface area contributed by atoms with Gasteiger partial charge in [-0.2, -0.15) is 0 Å². The molecule has 4 nitrogen and oxygen atoms in total. The highest BCUT2D eigenvalue weighted by Gasteiger charge is 2.23. The molecule has 1 heterocycles. The Kier molecular flexibility index (Phi) is 6.55. The Morgan fingerprint density at radius 2 is 2.05 bits per heavy atom. The van der Waals surface area contributed by atoms with Crippen molar-refractivity contribution in [3.05, 3.63) is 11.9 Å². The molecule has 1 aromatic rings. The second-order valence-corrected chi connectivity index (χ2v) is 6.17. The van der Waals surface area contributed by atoms with Gasteiger partial charge in [-0.15, -0.1) is 0 Å². The summed E-state index contributed by atoms with van der Waals surface area (Å²) in [5.41, 5.74) is 1.11. The third-order valence-corrected chi connectivity index (χ3v) is 4.59. The minimum atomic E-state index is 0.628. The highest BCUT2D eigenvalue weighted by molar-refractivity contribution is 5.29. The van der Waals surface area contributed by atoms with Crippen LogP contribution in [0.2, 0.25) is 0 Å². The number of anilines is 1. The van der Waals surface area contributed by atoms with Crippen molar-refractivity contribution in [2.75, 3.05) is 25.1 Å². The molecule has 0 aliphatic heterocycles. The number of rotatable bonds is 8. The molecule has 1 aromatic heterocycles. The number of aromatic nitrogens is 2. The number of hydrogen-bond donors (Lipinski definition) is 1. The van der Waals surface area contributed by atoms with Crippen LogP contribution in [0.25, 0.3) is 0 Å². The molecule has 1 fully saturated rings. The second-order valence-electron chi connectivity index (χ2n) is 6.17. The van der Waals surface area contributed by atoms with Crippen molar-refractivity contribution >= 4 is 5.95 Å². The number of imidazole rings is 1. The molecule has 0 bridgehead atoms. The van der Waals surface area contributed by atoms with Crippen LogP contribution in [0.1, 0.15) is 64.1 Å². The number of nitrogens with one attached hydrogen (secondary N) is 1. The van der Waals surface area contributed by atoms with Crippen LogP contribution in [0.3, 0.4) is 0 Å². The van der Waals surface area contributed by atoms with E-state index in [1.54, 1.807) is 0 Å². The summed E-state index contributed by atoms with van der Waals surface area (Å²) in [5, 5.41) is 3.49. The fraction of sp³-hybridized carbons (Fsp3) is 0.824. The highest BCUT2D eigenvalue weighted by Crippen LogP contribution is 2.35. The number of nitrogens with zero attached hydrogens (tertiary/aromatic N) is 2. The van der Waals surface area contributed by atoms with Gasteiger partial charge in [-0.1, -0.05) is 13.3 Å². The number of aryl methyl sites for hydroxylation is 1. The van der Waals surface area contributed by atoms with Gasteiger partial charge in [-0.3, -0.25) is 0 Å². The van der Waals surface area contributed by atoms with Gasteiger partial charge in [0, 0.05) is 32.0 Å². The van der Waals surface area contributed by atoms with Crippen LogP contribution in [0, 0.1) is 12.8 Å². The molecule has 1 saturated carbocycles. The van der Waals surface area contributed by atoms with E-state index < -0.39 is 0 Å².